The molecular weight excluding hydrogens is 448 g/mol. The molecule has 0 spiro atoms. The summed E-state index contributed by atoms with van der Waals surface area (Å²) in [6, 6.07) is 14.9. The van der Waals surface area contributed by atoms with E-state index in [0.29, 0.717) is 0 Å². The van der Waals surface area contributed by atoms with Crippen molar-refractivity contribution in [2.24, 2.45) is 0 Å². The highest BCUT2D eigenvalue weighted by Gasteiger charge is 2.36. The second-order valence-electron chi connectivity index (χ2n) is 9.93. The molecule has 0 saturated heterocycles. The molecule has 35 heavy (non-hydrogen) atoms. The number of carbonyl (C=O) groups excluding carboxylic acids is 2. The van der Waals surface area contributed by atoms with Crippen molar-refractivity contribution in [2.45, 2.75) is 64.1 Å². The van der Waals surface area contributed by atoms with Crippen molar-refractivity contribution in [2.75, 3.05) is 13.2 Å². The third-order valence-corrected chi connectivity index (χ3v) is 6.21. The summed E-state index contributed by atoms with van der Waals surface area (Å²) in [5, 5.41) is 14.6. The molecular formula is C27H34N2O6. The third-order valence-electron chi connectivity index (χ3n) is 6.21. The fourth-order valence-electron chi connectivity index (χ4n) is 3.95. The smallest absolute Gasteiger partial charge is 0.407 e. The van der Waals surface area contributed by atoms with Gasteiger partial charge in [-0.05, 0) is 56.4 Å². The van der Waals surface area contributed by atoms with Gasteiger partial charge in [0.05, 0.1) is 12.2 Å². The largest absolute Gasteiger partial charge is 0.480 e. The average Bonchev–Trinajstić information content (AvgIpc) is 3.13. The molecule has 1 unspecified atom stereocenters. The highest BCUT2D eigenvalue weighted by Crippen LogP contribution is 2.44. The Morgan fingerprint density at radius 1 is 0.971 bits per heavy atom. The number of rotatable bonds is 9. The van der Waals surface area contributed by atoms with Crippen molar-refractivity contribution >= 4 is 18.0 Å². The van der Waals surface area contributed by atoms with Crippen LogP contribution in [-0.2, 0) is 19.1 Å². The molecule has 2 aromatic rings. The monoisotopic (exact) mass is 482 g/mol. The molecule has 1 aliphatic rings. The molecule has 0 saturated carbocycles. The van der Waals surface area contributed by atoms with E-state index >= 15 is 0 Å². The number of carbonyl (C=O) groups is 3. The topological polar surface area (TPSA) is 114 Å². The maximum atomic E-state index is 12.9. The van der Waals surface area contributed by atoms with Crippen molar-refractivity contribution in [1.29, 1.82) is 0 Å². The van der Waals surface area contributed by atoms with Crippen LogP contribution in [0.1, 0.15) is 58.1 Å². The predicted molar refractivity (Wildman–Crippen MR) is 132 cm³/mol. The van der Waals surface area contributed by atoms with Crippen molar-refractivity contribution in [3.05, 3.63) is 59.7 Å². The van der Waals surface area contributed by atoms with Gasteiger partial charge in [-0.25, -0.2) is 9.59 Å². The minimum atomic E-state index is -1.47. The first kappa shape index (κ1) is 26.2. The highest BCUT2D eigenvalue weighted by molar-refractivity contribution is 5.91. The number of aliphatic carboxylic acids is 1. The number of carboxylic acids is 1. The van der Waals surface area contributed by atoms with Gasteiger partial charge < -0.3 is 25.2 Å². The zero-order valence-corrected chi connectivity index (χ0v) is 20.9. The molecule has 0 aliphatic heterocycles. The third kappa shape index (κ3) is 6.19. The first-order valence-corrected chi connectivity index (χ1v) is 11.8. The molecule has 3 N–H and O–H groups in total. The molecule has 2 amide bonds. The summed E-state index contributed by atoms with van der Waals surface area (Å²) >= 11 is 0. The van der Waals surface area contributed by atoms with E-state index in [1.165, 1.54) is 6.92 Å². The molecule has 0 bridgehead atoms. The minimum absolute atomic E-state index is 0.0934. The lowest BCUT2D eigenvalue weighted by molar-refractivity contribution is -0.147. The maximum Gasteiger partial charge on any atom is 0.407 e. The standard InChI is InChI=1S/C27H34N2O6/c1-6-27(5,24(31)32)29-23(30)22(16-35-26(2,3)4)28-25(33)34-15-21-19-13-9-7-11-17(19)18-12-8-10-14-20(18)21/h7-14,21-22H,6,15-16H2,1-5H3,(H,28,33)(H,29,30)(H,31,32)/t22-,27?/m0/s1. The van der Waals surface area contributed by atoms with Crippen LogP contribution < -0.4 is 10.6 Å². The molecule has 0 heterocycles. The molecule has 8 nitrogen and oxygen atoms in total. The van der Waals surface area contributed by atoms with E-state index in [1.54, 1.807) is 6.92 Å². The lowest BCUT2D eigenvalue weighted by Gasteiger charge is -2.29. The molecule has 3 rings (SSSR count). The van der Waals surface area contributed by atoms with Crippen LogP contribution in [-0.4, -0.2) is 53.5 Å². The Bertz CT molecular complexity index is 1050. The van der Waals surface area contributed by atoms with Gasteiger partial charge in [0.25, 0.3) is 0 Å². The van der Waals surface area contributed by atoms with E-state index in [9.17, 15) is 19.5 Å². The number of ether oxygens (including phenoxy) is 2. The molecule has 8 heteroatoms. The Morgan fingerprint density at radius 2 is 1.51 bits per heavy atom. The van der Waals surface area contributed by atoms with E-state index in [1.807, 2.05) is 69.3 Å². The van der Waals surface area contributed by atoms with Crippen LogP contribution in [0, 0.1) is 0 Å². The molecule has 188 valence electrons. The number of carboxylic acid groups (broad SMARTS) is 1. The predicted octanol–water partition coefficient (Wildman–Crippen LogP) is 4.08. The van der Waals surface area contributed by atoms with Gasteiger partial charge in [0.2, 0.25) is 5.91 Å². The average molecular weight is 483 g/mol. The Labute approximate surface area is 206 Å². The van der Waals surface area contributed by atoms with Crippen LogP contribution in [0.3, 0.4) is 0 Å². The van der Waals surface area contributed by atoms with Crippen LogP contribution in [0.4, 0.5) is 4.79 Å². The normalized spacial score (nSPS) is 15.3. The van der Waals surface area contributed by atoms with Crippen molar-refractivity contribution in [3.63, 3.8) is 0 Å². The van der Waals surface area contributed by atoms with Crippen molar-refractivity contribution in [1.82, 2.24) is 10.6 Å². The Kier molecular flexibility index (Phi) is 7.85. The zero-order chi connectivity index (χ0) is 25.8. The second-order valence-corrected chi connectivity index (χ2v) is 9.93. The number of alkyl carbamates (subject to hydrolysis) is 1. The maximum absolute atomic E-state index is 12.9. The number of amides is 2. The summed E-state index contributed by atoms with van der Waals surface area (Å²) in [5.41, 5.74) is 2.34. The highest BCUT2D eigenvalue weighted by atomic mass is 16.5. The fourth-order valence-corrected chi connectivity index (χ4v) is 3.95. The zero-order valence-electron chi connectivity index (χ0n) is 20.9. The van der Waals surface area contributed by atoms with Crippen LogP contribution in [0.15, 0.2) is 48.5 Å². The fraction of sp³-hybridized carbons (Fsp3) is 0.444. The summed E-state index contributed by atoms with van der Waals surface area (Å²) in [5.74, 6) is -1.94. The number of benzene rings is 2. The molecule has 0 radical (unpaired) electrons. The van der Waals surface area contributed by atoms with Gasteiger partial charge in [-0.1, -0.05) is 55.5 Å². The molecule has 2 atom stereocenters. The van der Waals surface area contributed by atoms with E-state index in [0.717, 1.165) is 22.3 Å². The molecule has 1 aliphatic carbocycles. The Balaban J connectivity index is 1.71. The Morgan fingerprint density at radius 3 is 2.00 bits per heavy atom. The number of hydrogen-bond acceptors (Lipinski definition) is 5. The Hall–Kier alpha value is -3.39. The van der Waals surface area contributed by atoms with Gasteiger partial charge in [-0.3, -0.25) is 4.79 Å². The van der Waals surface area contributed by atoms with Gasteiger partial charge in [0.1, 0.15) is 18.2 Å². The number of nitrogens with one attached hydrogen (secondary N) is 2. The summed E-state index contributed by atoms with van der Waals surface area (Å²) < 4.78 is 11.3. The lowest BCUT2D eigenvalue weighted by atomic mass is 9.98. The van der Waals surface area contributed by atoms with E-state index in [4.69, 9.17) is 9.47 Å². The SMILES string of the molecule is CCC(C)(NC(=O)[C@H](COC(C)(C)C)NC(=O)OCC1c2ccccc2-c2ccccc21)C(=O)O. The second kappa shape index (κ2) is 10.5. The molecule has 2 aromatic carbocycles. The number of hydrogen-bond donors (Lipinski definition) is 3. The van der Waals surface area contributed by atoms with Crippen LogP contribution in [0.5, 0.6) is 0 Å². The quantitative estimate of drug-likeness (QED) is 0.496. The van der Waals surface area contributed by atoms with E-state index in [2.05, 4.69) is 10.6 Å². The van der Waals surface area contributed by atoms with Gasteiger partial charge in [-0.2, -0.15) is 0 Å². The van der Waals surface area contributed by atoms with E-state index in [-0.39, 0.29) is 25.6 Å². The van der Waals surface area contributed by atoms with Gasteiger partial charge in [0, 0.05) is 5.92 Å². The number of fused-ring (bicyclic) bond motifs is 3. The van der Waals surface area contributed by atoms with Crippen LogP contribution in [0.25, 0.3) is 11.1 Å². The van der Waals surface area contributed by atoms with Crippen molar-refractivity contribution in [3.8, 4) is 11.1 Å². The van der Waals surface area contributed by atoms with Gasteiger partial charge >= 0.3 is 12.1 Å². The van der Waals surface area contributed by atoms with Crippen LogP contribution in [0.2, 0.25) is 0 Å². The van der Waals surface area contributed by atoms with Gasteiger partial charge in [-0.15, -0.1) is 0 Å². The summed E-state index contributed by atoms with van der Waals surface area (Å²) in [6.45, 7) is 8.50. The van der Waals surface area contributed by atoms with E-state index < -0.39 is 35.2 Å². The molecule has 0 fully saturated rings. The minimum Gasteiger partial charge on any atom is -0.480 e. The van der Waals surface area contributed by atoms with Gasteiger partial charge in [0.15, 0.2) is 0 Å². The summed E-state index contributed by atoms with van der Waals surface area (Å²) in [7, 11) is 0. The first-order chi connectivity index (χ1) is 16.4. The summed E-state index contributed by atoms with van der Waals surface area (Å²) in [6.07, 6.45) is -0.607. The first-order valence-electron chi connectivity index (χ1n) is 11.8. The summed E-state index contributed by atoms with van der Waals surface area (Å²) in [4.78, 5) is 37.3. The van der Waals surface area contributed by atoms with Crippen LogP contribution >= 0.6 is 0 Å². The van der Waals surface area contributed by atoms with Crippen molar-refractivity contribution < 1.29 is 29.0 Å². The molecule has 0 aromatic heterocycles. The lowest BCUT2D eigenvalue weighted by Crippen LogP contribution is -2.59.